The molecule has 1 aromatic carbocycles. The van der Waals surface area contributed by atoms with E-state index in [1.54, 1.807) is 0 Å². The van der Waals surface area contributed by atoms with Gasteiger partial charge in [-0.05, 0) is 30.3 Å². The first-order valence-electron chi connectivity index (χ1n) is 5.80. The number of aromatic carboxylic acids is 2. The third-order valence-electron chi connectivity index (χ3n) is 2.63. The highest BCUT2D eigenvalue weighted by Gasteiger charge is 2.13. The number of anilines is 1. The van der Waals surface area contributed by atoms with E-state index in [0.29, 0.717) is 5.56 Å². The number of carbonyl (C=O) groups is 3. The number of nitrogens with one attached hydrogen (secondary N) is 1. The number of nitrogens with zero attached hydrogens (tertiary/aromatic N) is 1. The number of pyridine rings is 1. The third-order valence-corrected chi connectivity index (χ3v) is 2.63. The minimum Gasteiger partial charge on any atom is -0.478 e. The Morgan fingerprint density at radius 1 is 0.857 bits per heavy atom. The average Bonchev–Trinajstić information content (AvgIpc) is 2.47. The van der Waals surface area contributed by atoms with Gasteiger partial charge in [-0.25, -0.2) is 9.59 Å². The molecule has 3 N–H and O–H groups in total. The normalized spacial score (nSPS) is 9.90. The Kier molecular flexibility index (Phi) is 3.94. The van der Waals surface area contributed by atoms with Crippen molar-refractivity contribution in [2.75, 3.05) is 5.32 Å². The molecule has 0 fully saturated rings. The van der Waals surface area contributed by atoms with Crippen LogP contribution in [0.15, 0.2) is 42.7 Å². The summed E-state index contributed by atoms with van der Waals surface area (Å²) in [4.78, 5) is 37.7. The van der Waals surface area contributed by atoms with Crippen LogP contribution in [0.4, 0.5) is 5.69 Å². The van der Waals surface area contributed by atoms with Crippen LogP contribution < -0.4 is 5.32 Å². The average molecular weight is 286 g/mol. The summed E-state index contributed by atoms with van der Waals surface area (Å²) in [7, 11) is 0. The summed E-state index contributed by atoms with van der Waals surface area (Å²) in [6.45, 7) is 0. The highest BCUT2D eigenvalue weighted by atomic mass is 16.4. The van der Waals surface area contributed by atoms with Gasteiger partial charge in [0.2, 0.25) is 0 Å². The zero-order chi connectivity index (χ0) is 15.4. The summed E-state index contributed by atoms with van der Waals surface area (Å²) in [5, 5.41) is 20.4. The topological polar surface area (TPSA) is 117 Å². The van der Waals surface area contributed by atoms with Crippen LogP contribution in [-0.4, -0.2) is 33.0 Å². The Labute approximate surface area is 118 Å². The Balaban J connectivity index is 2.33. The van der Waals surface area contributed by atoms with Crippen molar-refractivity contribution >= 4 is 23.5 Å². The number of rotatable bonds is 4. The molecule has 7 nitrogen and oxygen atoms in total. The van der Waals surface area contributed by atoms with E-state index in [1.165, 1.54) is 36.7 Å². The van der Waals surface area contributed by atoms with E-state index in [1.807, 2.05) is 0 Å². The Morgan fingerprint density at radius 3 is 1.86 bits per heavy atom. The predicted molar refractivity (Wildman–Crippen MR) is 72.6 cm³/mol. The molecule has 0 radical (unpaired) electrons. The van der Waals surface area contributed by atoms with Gasteiger partial charge in [-0.15, -0.1) is 0 Å². The molecule has 0 aliphatic heterocycles. The van der Waals surface area contributed by atoms with Gasteiger partial charge in [0.1, 0.15) is 0 Å². The molecular formula is C14H10N2O5. The van der Waals surface area contributed by atoms with Crippen LogP contribution in [0, 0.1) is 0 Å². The Morgan fingerprint density at radius 2 is 1.38 bits per heavy atom. The van der Waals surface area contributed by atoms with E-state index < -0.39 is 17.8 Å². The second kappa shape index (κ2) is 5.83. The van der Waals surface area contributed by atoms with Gasteiger partial charge in [-0.1, -0.05) is 0 Å². The van der Waals surface area contributed by atoms with Gasteiger partial charge in [0.25, 0.3) is 5.91 Å². The number of benzene rings is 1. The zero-order valence-corrected chi connectivity index (χ0v) is 10.6. The van der Waals surface area contributed by atoms with E-state index in [2.05, 4.69) is 10.3 Å². The van der Waals surface area contributed by atoms with E-state index in [9.17, 15) is 14.4 Å². The number of hydrogen-bond donors (Lipinski definition) is 3. The lowest BCUT2D eigenvalue weighted by Crippen LogP contribution is -2.13. The van der Waals surface area contributed by atoms with Crippen molar-refractivity contribution in [3.8, 4) is 0 Å². The summed E-state index contributed by atoms with van der Waals surface area (Å²) in [5.74, 6) is -3.05. The molecule has 2 rings (SSSR count). The molecule has 0 bridgehead atoms. The summed E-state index contributed by atoms with van der Waals surface area (Å²) in [5.41, 5.74) is -0.0310. The highest BCUT2D eigenvalue weighted by molar-refractivity contribution is 6.05. The van der Waals surface area contributed by atoms with E-state index in [0.717, 1.165) is 6.07 Å². The smallest absolute Gasteiger partial charge is 0.335 e. The minimum atomic E-state index is -1.28. The monoisotopic (exact) mass is 286 g/mol. The molecule has 1 amide bonds. The molecule has 0 spiro atoms. The lowest BCUT2D eigenvalue weighted by molar-refractivity contribution is 0.0696. The standard InChI is InChI=1S/C14H10N2O5/c17-12(8-1-3-15-4-2-8)16-11-6-9(13(18)19)5-10(7-11)14(20)21/h1-7H,(H,16,17)(H,18,19)(H,20,21). The molecule has 0 saturated heterocycles. The number of amides is 1. The molecule has 0 aliphatic rings. The van der Waals surface area contributed by atoms with Gasteiger partial charge in [0.15, 0.2) is 0 Å². The van der Waals surface area contributed by atoms with Crippen molar-refractivity contribution < 1.29 is 24.6 Å². The van der Waals surface area contributed by atoms with Crippen LogP contribution in [0.5, 0.6) is 0 Å². The fourth-order valence-corrected chi connectivity index (χ4v) is 1.65. The maximum absolute atomic E-state index is 11.9. The lowest BCUT2D eigenvalue weighted by Gasteiger charge is -2.07. The molecule has 7 heteroatoms. The summed E-state index contributed by atoms with van der Waals surface area (Å²) in [6, 6.07) is 6.36. The lowest BCUT2D eigenvalue weighted by atomic mass is 10.1. The maximum atomic E-state index is 11.9. The van der Waals surface area contributed by atoms with Crippen molar-refractivity contribution in [1.29, 1.82) is 0 Å². The molecule has 0 atom stereocenters. The van der Waals surface area contributed by atoms with Crippen LogP contribution in [0.2, 0.25) is 0 Å². The van der Waals surface area contributed by atoms with Gasteiger partial charge in [0.05, 0.1) is 11.1 Å². The van der Waals surface area contributed by atoms with Gasteiger partial charge in [-0.3, -0.25) is 9.78 Å². The molecule has 21 heavy (non-hydrogen) atoms. The quantitative estimate of drug-likeness (QED) is 0.788. The van der Waals surface area contributed by atoms with Crippen molar-refractivity contribution in [3.63, 3.8) is 0 Å². The number of aromatic nitrogens is 1. The van der Waals surface area contributed by atoms with Gasteiger partial charge in [0, 0.05) is 23.6 Å². The number of carboxylic acid groups (broad SMARTS) is 2. The highest BCUT2D eigenvalue weighted by Crippen LogP contribution is 2.16. The maximum Gasteiger partial charge on any atom is 0.335 e. The van der Waals surface area contributed by atoms with E-state index in [-0.39, 0.29) is 16.8 Å². The van der Waals surface area contributed by atoms with Gasteiger partial charge >= 0.3 is 11.9 Å². The molecule has 2 aromatic rings. The Bertz CT molecular complexity index is 680. The van der Waals surface area contributed by atoms with E-state index >= 15 is 0 Å². The van der Waals surface area contributed by atoms with Crippen LogP contribution in [-0.2, 0) is 0 Å². The van der Waals surface area contributed by atoms with Crippen LogP contribution >= 0.6 is 0 Å². The van der Waals surface area contributed by atoms with Gasteiger partial charge < -0.3 is 15.5 Å². The minimum absolute atomic E-state index is 0.0918. The first-order chi connectivity index (χ1) is 9.97. The van der Waals surface area contributed by atoms with Gasteiger partial charge in [-0.2, -0.15) is 0 Å². The van der Waals surface area contributed by atoms with Crippen LogP contribution in [0.25, 0.3) is 0 Å². The van der Waals surface area contributed by atoms with Crippen molar-refractivity contribution in [3.05, 3.63) is 59.4 Å². The Hall–Kier alpha value is -3.22. The fourth-order valence-electron chi connectivity index (χ4n) is 1.65. The molecular weight excluding hydrogens is 276 g/mol. The largest absolute Gasteiger partial charge is 0.478 e. The van der Waals surface area contributed by atoms with Crippen molar-refractivity contribution in [2.45, 2.75) is 0 Å². The second-order valence-corrected chi connectivity index (χ2v) is 4.10. The molecule has 106 valence electrons. The fraction of sp³-hybridized carbons (Fsp3) is 0. The molecule has 1 aromatic heterocycles. The SMILES string of the molecule is O=C(O)c1cc(NC(=O)c2ccncc2)cc(C(=O)O)c1. The first-order valence-corrected chi connectivity index (χ1v) is 5.80. The van der Waals surface area contributed by atoms with Crippen molar-refractivity contribution in [1.82, 2.24) is 4.98 Å². The van der Waals surface area contributed by atoms with E-state index in [4.69, 9.17) is 10.2 Å². The first kappa shape index (κ1) is 14.2. The number of carbonyl (C=O) groups excluding carboxylic acids is 1. The molecule has 0 unspecified atom stereocenters. The summed E-state index contributed by atoms with van der Waals surface area (Å²) in [6.07, 6.45) is 2.87. The number of hydrogen-bond acceptors (Lipinski definition) is 4. The molecule has 0 saturated carbocycles. The molecule has 1 heterocycles. The summed E-state index contributed by atoms with van der Waals surface area (Å²) >= 11 is 0. The number of carboxylic acids is 2. The second-order valence-electron chi connectivity index (χ2n) is 4.10. The predicted octanol–water partition coefficient (Wildman–Crippen LogP) is 1.73. The van der Waals surface area contributed by atoms with Crippen molar-refractivity contribution in [2.24, 2.45) is 0 Å². The van der Waals surface area contributed by atoms with Crippen LogP contribution in [0.3, 0.4) is 0 Å². The van der Waals surface area contributed by atoms with Crippen LogP contribution in [0.1, 0.15) is 31.1 Å². The molecule has 0 aliphatic carbocycles. The summed E-state index contributed by atoms with van der Waals surface area (Å²) < 4.78 is 0. The third kappa shape index (κ3) is 3.41. The zero-order valence-electron chi connectivity index (χ0n) is 10.6.